The molecule has 0 fully saturated rings. The van der Waals surface area contributed by atoms with E-state index in [0.717, 1.165) is 12.1 Å². The van der Waals surface area contributed by atoms with Crippen molar-refractivity contribution in [1.82, 2.24) is 0 Å². The maximum absolute atomic E-state index is 13.3. The maximum Gasteiger partial charge on any atom is 0.346 e. The molecule has 0 bridgehead atoms. The third kappa shape index (κ3) is 3.83. The van der Waals surface area contributed by atoms with Crippen molar-refractivity contribution in [3.63, 3.8) is 0 Å². The molecule has 0 aliphatic heterocycles. The standard InChI is InChI=1S/C16H8F2O7/c17-11-3-1-7(5-9(11)13(19)20)15(23)25-16(24)8-2-4-12(18)10(6-8)14(21)22/h1-6H,(H,19,20)(H,21,22). The minimum Gasteiger partial charge on any atom is -0.478 e. The van der Waals surface area contributed by atoms with Gasteiger partial charge in [0.1, 0.15) is 11.6 Å². The second kappa shape index (κ2) is 6.87. The smallest absolute Gasteiger partial charge is 0.346 e. The Hall–Kier alpha value is -3.62. The predicted molar refractivity (Wildman–Crippen MR) is 76.5 cm³/mol. The third-order valence-electron chi connectivity index (χ3n) is 3.05. The van der Waals surface area contributed by atoms with Crippen LogP contribution in [0.5, 0.6) is 0 Å². The van der Waals surface area contributed by atoms with Crippen molar-refractivity contribution in [3.8, 4) is 0 Å². The highest BCUT2D eigenvalue weighted by molar-refractivity contribution is 6.04. The van der Waals surface area contributed by atoms with Crippen LogP contribution in [0, 0.1) is 11.6 Å². The molecule has 0 spiro atoms. The van der Waals surface area contributed by atoms with Crippen LogP contribution in [0.2, 0.25) is 0 Å². The minimum atomic E-state index is -1.62. The number of ether oxygens (including phenoxy) is 1. The van der Waals surface area contributed by atoms with Crippen molar-refractivity contribution in [2.45, 2.75) is 0 Å². The van der Waals surface area contributed by atoms with Gasteiger partial charge in [-0.1, -0.05) is 0 Å². The van der Waals surface area contributed by atoms with E-state index in [1.54, 1.807) is 0 Å². The molecular weight excluding hydrogens is 342 g/mol. The van der Waals surface area contributed by atoms with Crippen molar-refractivity contribution in [2.24, 2.45) is 0 Å². The first-order valence-electron chi connectivity index (χ1n) is 6.53. The van der Waals surface area contributed by atoms with E-state index in [1.807, 2.05) is 0 Å². The lowest BCUT2D eigenvalue weighted by atomic mass is 10.1. The summed E-state index contributed by atoms with van der Waals surface area (Å²) in [6.07, 6.45) is 0. The largest absolute Gasteiger partial charge is 0.478 e. The normalized spacial score (nSPS) is 10.2. The Labute approximate surface area is 138 Å². The Balaban J connectivity index is 2.25. The molecule has 2 N–H and O–H groups in total. The molecule has 0 unspecified atom stereocenters. The number of hydrogen-bond donors (Lipinski definition) is 2. The van der Waals surface area contributed by atoms with Crippen LogP contribution in [0.3, 0.4) is 0 Å². The number of carbonyl (C=O) groups excluding carboxylic acids is 2. The number of esters is 2. The fraction of sp³-hybridized carbons (Fsp3) is 0. The van der Waals surface area contributed by atoms with Gasteiger partial charge in [-0.25, -0.2) is 28.0 Å². The Kier molecular flexibility index (Phi) is 4.87. The van der Waals surface area contributed by atoms with E-state index < -0.39 is 57.8 Å². The number of carboxylic acid groups (broad SMARTS) is 2. The average Bonchev–Trinajstić information content (AvgIpc) is 2.54. The van der Waals surface area contributed by atoms with Crippen molar-refractivity contribution < 1.29 is 42.9 Å². The fourth-order valence-electron chi connectivity index (χ4n) is 1.83. The van der Waals surface area contributed by atoms with E-state index in [9.17, 15) is 28.0 Å². The van der Waals surface area contributed by atoms with Crippen molar-refractivity contribution in [2.75, 3.05) is 0 Å². The van der Waals surface area contributed by atoms with Crippen LogP contribution in [-0.2, 0) is 4.74 Å². The molecular formula is C16H8F2O7. The SMILES string of the molecule is O=C(OC(=O)c1ccc(F)c(C(=O)O)c1)c1ccc(F)c(C(=O)O)c1. The van der Waals surface area contributed by atoms with Gasteiger partial charge in [0.2, 0.25) is 0 Å². The van der Waals surface area contributed by atoms with Gasteiger partial charge < -0.3 is 14.9 Å². The van der Waals surface area contributed by atoms with E-state index in [0.29, 0.717) is 24.3 Å². The van der Waals surface area contributed by atoms with Gasteiger partial charge in [0.15, 0.2) is 0 Å². The number of halogens is 2. The summed E-state index contributed by atoms with van der Waals surface area (Å²) >= 11 is 0. The zero-order valence-electron chi connectivity index (χ0n) is 12.2. The highest BCUT2D eigenvalue weighted by atomic mass is 19.1. The molecule has 128 valence electrons. The number of aromatic carboxylic acids is 2. The first-order valence-corrected chi connectivity index (χ1v) is 6.53. The van der Waals surface area contributed by atoms with Crippen LogP contribution < -0.4 is 0 Å². The molecule has 2 rings (SSSR count). The molecule has 0 heterocycles. The molecule has 0 radical (unpaired) electrons. The summed E-state index contributed by atoms with van der Waals surface area (Å²) in [6, 6.07) is 4.60. The van der Waals surface area contributed by atoms with Crippen LogP contribution in [0.15, 0.2) is 36.4 Å². The molecule has 0 atom stereocenters. The Morgan fingerprint density at radius 3 is 1.40 bits per heavy atom. The highest BCUT2D eigenvalue weighted by Gasteiger charge is 2.20. The van der Waals surface area contributed by atoms with Gasteiger partial charge in [-0.3, -0.25) is 0 Å². The van der Waals surface area contributed by atoms with Crippen LogP contribution in [0.25, 0.3) is 0 Å². The fourth-order valence-corrected chi connectivity index (χ4v) is 1.83. The summed E-state index contributed by atoms with van der Waals surface area (Å²) in [5.41, 5.74) is -2.41. The van der Waals surface area contributed by atoms with Crippen molar-refractivity contribution >= 4 is 23.9 Å². The molecule has 0 aromatic heterocycles. The number of rotatable bonds is 4. The number of benzene rings is 2. The quantitative estimate of drug-likeness (QED) is 0.642. The van der Waals surface area contributed by atoms with Gasteiger partial charge in [0.25, 0.3) is 0 Å². The zero-order chi connectivity index (χ0) is 18.7. The minimum absolute atomic E-state index is 0.410. The maximum atomic E-state index is 13.3. The lowest BCUT2D eigenvalue weighted by Crippen LogP contribution is -2.15. The molecule has 0 aliphatic carbocycles. The van der Waals surface area contributed by atoms with Gasteiger partial charge in [0.05, 0.1) is 22.3 Å². The topological polar surface area (TPSA) is 118 Å². The zero-order valence-corrected chi connectivity index (χ0v) is 12.2. The lowest BCUT2D eigenvalue weighted by Gasteiger charge is -2.06. The third-order valence-corrected chi connectivity index (χ3v) is 3.05. The molecule has 0 aliphatic rings. The number of carboxylic acids is 2. The molecule has 2 aromatic carbocycles. The van der Waals surface area contributed by atoms with Crippen molar-refractivity contribution in [1.29, 1.82) is 0 Å². The van der Waals surface area contributed by atoms with Gasteiger partial charge in [-0.05, 0) is 36.4 Å². The summed E-state index contributed by atoms with van der Waals surface area (Å²) in [4.78, 5) is 45.3. The van der Waals surface area contributed by atoms with Gasteiger partial charge in [0, 0.05) is 0 Å². The second-order valence-electron chi connectivity index (χ2n) is 4.68. The number of carbonyl (C=O) groups is 4. The molecule has 9 heteroatoms. The van der Waals surface area contributed by atoms with Crippen LogP contribution in [0.4, 0.5) is 8.78 Å². The highest BCUT2D eigenvalue weighted by Crippen LogP contribution is 2.15. The molecule has 0 saturated heterocycles. The Bertz CT molecular complexity index is 832. The summed E-state index contributed by atoms with van der Waals surface area (Å²) < 4.78 is 31.0. The summed E-state index contributed by atoms with van der Waals surface area (Å²) in [7, 11) is 0. The second-order valence-corrected chi connectivity index (χ2v) is 4.68. The van der Waals surface area contributed by atoms with Crippen molar-refractivity contribution in [3.05, 3.63) is 70.3 Å². The van der Waals surface area contributed by atoms with Gasteiger partial charge in [-0.2, -0.15) is 0 Å². The van der Waals surface area contributed by atoms with Crippen LogP contribution in [0.1, 0.15) is 41.4 Å². The van der Waals surface area contributed by atoms with E-state index >= 15 is 0 Å². The summed E-state index contributed by atoms with van der Waals surface area (Å²) in [5.74, 6) is -7.98. The molecule has 2 aromatic rings. The Morgan fingerprint density at radius 1 is 0.720 bits per heavy atom. The van der Waals surface area contributed by atoms with E-state index in [4.69, 9.17) is 10.2 Å². The Morgan fingerprint density at radius 2 is 1.08 bits per heavy atom. The average molecular weight is 350 g/mol. The van der Waals surface area contributed by atoms with E-state index in [2.05, 4.69) is 4.74 Å². The summed E-state index contributed by atoms with van der Waals surface area (Å²) in [6.45, 7) is 0. The van der Waals surface area contributed by atoms with Gasteiger partial charge >= 0.3 is 23.9 Å². The van der Waals surface area contributed by atoms with Crippen LogP contribution in [-0.4, -0.2) is 34.1 Å². The van der Waals surface area contributed by atoms with Crippen LogP contribution >= 0.6 is 0 Å². The lowest BCUT2D eigenvalue weighted by molar-refractivity contribution is 0.0397. The first kappa shape index (κ1) is 17.7. The van der Waals surface area contributed by atoms with Gasteiger partial charge in [-0.15, -0.1) is 0 Å². The number of hydrogen-bond acceptors (Lipinski definition) is 5. The van der Waals surface area contributed by atoms with E-state index in [1.165, 1.54) is 0 Å². The molecule has 25 heavy (non-hydrogen) atoms. The summed E-state index contributed by atoms with van der Waals surface area (Å²) in [5, 5.41) is 17.6. The molecule has 7 nitrogen and oxygen atoms in total. The molecule has 0 amide bonds. The first-order chi connectivity index (χ1) is 11.7. The predicted octanol–water partition coefficient (Wildman–Crippen LogP) is 2.36. The molecule has 0 saturated carbocycles. The monoisotopic (exact) mass is 350 g/mol. The van der Waals surface area contributed by atoms with E-state index in [-0.39, 0.29) is 0 Å².